The van der Waals surface area contributed by atoms with Crippen LogP contribution in [0, 0.1) is 0 Å². The number of pyridine rings is 1. The number of aromatic amines is 1. The van der Waals surface area contributed by atoms with E-state index in [0.717, 1.165) is 0 Å². The highest BCUT2D eigenvalue weighted by Crippen LogP contribution is 2.55. The number of aromatic hydroxyl groups is 1. The lowest BCUT2D eigenvalue weighted by molar-refractivity contribution is -0.272. The normalized spacial score (nSPS) is 23.2. The molecule has 8 heteroatoms. The third kappa shape index (κ3) is 3.43. The van der Waals surface area contributed by atoms with Crippen LogP contribution in [0.25, 0.3) is 10.9 Å². The van der Waals surface area contributed by atoms with Crippen molar-refractivity contribution in [2.45, 2.75) is 56.8 Å². The third-order valence-electron chi connectivity index (χ3n) is 6.52. The van der Waals surface area contributed by atoms with Gasteiger partial charge in [0.05, 0.1) is 11.6 Å². The minimum atomic E-state index is -4.91. The van der Waals surface area contributed by atoms with Gasteiger partial charge in [-0.25, -0.2) is 0 Å². The highest BCUT2D eigenvalue weighted by Gasteiger charge is 2.62. The second kappa shape index (κ2) is 7.85. The number of nitrogens with one attached hydrogen (secondary N) is 2. The Labute approximate surface area is 182 Å². The summed E-state index contributed by atoms with van der Waals surface area (Å²) in [4.78, 5) is 14.3. The molecular weight excluding hydrogens is 421 g/mol. The maximum atomic E-state index is 14.3. The molecule has 32 heavy (non-hydrogen) atoms. The average Bonchev–Trinajstić information content (AvgIpc) is 2.74. The molecule has 4 rings (SSSR count). The maximum absolute atomic E-state index is 14.3. The fourth-order valence-electron chi connectivity index (χ4n) is 4.78. The number of aliphatic hydroxyl groups is 1. The Morgan fingerprint density at radius 1 is 1.16 bits per heavy atom. The monoisotopic (exact) mass is 446 g/mol. The molecule has 0 radical (unpaired) electrons. The van der Waals surface area contributed by atoms with E-state index in [-0.39, 0.29) is 16.9 Å². The molecule has 0 aliphatic heterocycles. The summed E-state index contributed by atoms with van der Waals surface area (Å²) in [6, 6.07) is 9.32. The van der Waals surface area contributed by atoms with Crippen LogP contribution >= 0.6 is 0 Å². The molecule has 0 saturated carbocycles. The Hall–Kier alpha value is -3.00. The number of anilines is 1. The van der Waals surface area contributed by atoms with Crippen molar-refractivity contribution in [1.82, 2.24) is 4.98 Å². The van der Waals surface area contributed by atoms with E-state index < -0.39 is 30.2 Å². The molecule has 5 nitrogen and oxygen atoms in total. The van der Waals surface area contributed by atoms with Crippen LogP contribution in [0.4, 0.5) is 18.9 Å². The standard InChI is InChI=1S/C24H25F3N2O3/c1-3-13-8-9-16-20(21(13)31)14(4-2)12-23(32,24(25,26)27)22(16)29-18-7-5-6-17-15(18)10-11-19(30)28-17/h5-11,14,22,29,31-32H,3-4,12H2,1-2H3,(H,28,30)/t14-,22?,23+/m0/s1. The molecule has 3 aromatic rings. The summed E-state index contributed by atoms with van der Waals surface area (Å²) in [6.07, 6.45) is -4.60. The van der Waals surface area contributed by atoms with Gasteiger partial charge in [-0.15, -0.1) is 0 Å². The van der Waals surface area contributed by atoms with E-state index in [9.17, 15) is 28.2 Å². The molecular formula is C24H25F3N2O3. The molecule has 170 valence electrons. The number of benzene rings is 2. The number of halogens is 3. The zero-order valence-electron chi connectivity index (χ0n) is 17.8. The predicted molar refractivity (Wildman–Crippen MR) is 117 cm³/mol. The molecule has 2 aromatic carbocycles. The molecule has 1 aliphatic rings. The van der Waals surface area contributed by atoms with E-state index in [1.807, 2.05) is 6.92 Å². The highest BCUT2D eigenvalue weighted by molar-refractivity contribution is 5.91. The van der Waals surface area contributed by atoms with Gasteiger partial charge in [-0.3, -0.25) is 4.79 Å². The lowest BCUT2D eigenvalue weighted by Crippen LogP contribution is -2.55. The molecule has 0 bridgehead atoms. The van der Waals surface area contributed by atoms with Crippen molar-refractivity contribution >= 4 is 16.6 Å². The van der Waals surface area contributed by atoms with Crippen LogP contribution in [0.1, 0.15) is 55.3 Å². The van der Waals surface area contributed by atoms with Gasteiger partial charge in [-0.2, -0.15) is 13.2 Å². The molecule has 1 aromatic heterocycles. The Bertz CT molecular complexity index is 1220. The Kier molecular flexibility index (Phi) is 5.45. The highest BCUT2D eigenvalue weighted by atomic mass is 19.4. The van der Waals surface area contributed by atoms with E-state index in [0.29, 0.717) is 40.6 Å². The van der Waals surface area contributed by atoms with Crippen molar-refractivity contribution in [3.63, 3.8) is 0 Å². The number of alkyl halides is 3. The SMILES string of the molecule is CCc1ccc2c(c1O)[C@@H](CC)C[C@](O)(C(F)(F)F)C2Nc1cccc2[nH]c(=O)ccc12. The summed E-state index contributed by atoms with van der Waals surface area (Å²) in [5, 5.41) is 25.4. The van der Waals surface area contributed by atoms with Crippen molar-refractivity contribution < 1.29 is 23.4 Å². The van der Waals surface area contributed by atoms with Gasteiger partial charge < -0.3 is 20.5 Å². The maximum Gasteiger partial charge on any atom is 0.419 e. The molecule has 0 spiro atoms. The summed E-state index contributed by atoms with van der Waals surface area (Å²) in [5.74, 6) is -0.653. The van der Waals surface area contributed by atoms with Gasteiger partial charge >= 0.3 is 6.18 Å². The van der Waals surface area contributed by atoms with Crippen molar-refractivity contribution in [2.75, 3.05) is 5.32 Å². The Morgan fingerprint density at radius 3 is 2.56 bits per heavy atom. The van der Waals surface area contributed by atoms with Crippen molar-refractivity contribution in [2.24, 2.45) is 0 Å². The van der Waals surface area contributed by atoms with E-state index in [1.54, 1.807) is 37.3 Å². The fourth-order valence-corrected chi connectivity index (χ4v) is 4.78. The molecule has 0 saturated heterocycles. The number of H-pyrrole nitrogens is 1. The van der Waals surface area contributed by atoms with E-state index in [2.05, 4.69) is 10.3 Å². The van der Waals surface area contributed by atoms with E-state index in [4.69, 9.17) is 0 Å². The summed E-state index contributed by atoms with van der Waals surface area (Å²) in [7, 11) is 0. The topological polar surface area (TPSA) is 85.3 Å². The van der Waals surface area contributed by atoms with Crippen LogP contribution in [-0.4, -0.2) is 27.0 Å². The van der Waals surface area contributed by atoms with Crippen LogP contribution in [-0.2, 0) is 6.42 Å². The zero-order chi connectivity index (χ0) is 23.3. The summed E-state index contributed by atoms with van der Waals surface area (Å²) in [5.41, 5.74) is -1.25. The fraction of sp³-hybridized carbons (Fsp3) is 0.375. The molecule has 4 N–H and O–H groups in total. The van der Waals surface area contributed by atoms with Gasteiger partial charge in [0.2, 0.25) is 5.56 Å². The Balaban J connectivity index is 1.94. The Morgan fingerprint density at radius 2 is 1.91 bits per heavy atom. The second-order valence-electron chi connectivity index (χ2n) is 8.33. The minimum absolute atomic E-state index is 0.00451. The van der Waals surface area contributed by atoms with Gasteiger partial charge in [0.25, 0.3) is 0 Å². The number of phenols is 1. The largest absolute Gasteiger partial charge is 0.507 e. The molecule has 3 atom stereocenters. The first-order chi connectivity index (χ1) is 15.1. The van der Waals surface area contributed by atoms with Crippen LogP contribution in [0.15, 0.2) is 47.3 Å². The van der Waals surface area contributed by atoms with Crippen molar-refractivity contribution in [3.8, 4) is 5.75 Å². The molecule has 1 heterocycles. The van der Waals surface area contributed by atoms with E-state index >= 15 is 0 Å². The number of aromatic nitrogens is 1. The van der Waals surface area contributed by atoms with Crippen molar-refractivity contribution in [3.05, 3.63) is 69.5 Å². The lowest BCUT2D eigenvalue weighted by Gasteiger charge is -2.46. The average molecular weight is 446 g/mol. The molecule has 0 fully saturated rings. The number of aryl methyl sites for hydroxylation is 1. The van der Waals surface area contributed by atoms with Crippen LogP contribution in [0.2, 0.25) is 0 Å². The van der Waals surface area contributed by atoms with Crippen LogP contribution in [0.3, 0.4) is 0 Å². The number of fused-ring (bicyclic) bond motifs is 2. The van der Waals surface area contributed by atoms with Gasteiger partial charge in [-0.05, 0) is 54.5 Å². The second-order valence-corrected chi connectivity index (χ2v) is 8.33. The number of hydrogen-bond acceptors (Lipinski definition) is 4. The minimum Gasteiger partial charge on any atom is -0.507 e. The van der Waals surface area contributed by atoms with Crippen LogP contribution in [0.5, 0.6) is 5.75 Å². The third-order valence-corrected chi connectivity index (χ3v) is 6.52. The number of rotatable bonds is 4. The van der Waals surface area contributed by atoms with Crippen molar-refractivity contribution in [1.29, 1.82) is 0 Å². The zero-order valence-corrected chi connectivity index (χ0v) is 17.8. The quantitative estimate of drug-likeness (QED) is 0.447. The molecule has 0 amide bonds. The van der Waals surface area contributed by atoms with Crippen LogP contribution < -0.4 is 10.9 Å². The van der Waals surface area contributed by atoms with Gasteiger partial charge in [0.1, 0.15) is 5.75 Å². The number of phenolic OH excluding ortho intramolecular Hbond substituents is 1. The molecule has 1 unspecified atom stereocenters. The summed E-state index contributed by atoms with van der Waals surface area (Å²) >= 11 is 0. The first-order valence-corrected chi connectivity index (χ1v) is 10.6. The molecule has 1 aliphatic carbocycles. The van der Waals surface area contributed by atoms with Gasteiger partial charge in [0, 0.05) is 22.7 Å². The predicted octanol–water partition coefficient (Wildman–Crippen LogP) is 5.14. The lowest BCUT2D eigenvalue weighted by atomic mass is 9.68. The van der Waals surface area contributed by atoms with Gasteiger partial charge in [0.15, 0.2) is 5.60 Å². The first-order valence-electron chi connectivity index (χ1n) is 10.6. The number of hydrogen-bond donors (Lipinski definition) is 4. The summed E-state index contributed by atoms with van der Waals surface area (Å²) in [6.45, 7) is 3.61. The first kappa shape index (κ1) is 22.2. The van der Waals surface area contributed by atoms with Gasteiger partial charge in [-0.1, -0.05) is 32.0 Å². The smallest absolute Gasteiger partial charge is 0.419 e. The summed E-state index contributed by atoms with van der Waals surface area (Å²) < 4.78 is 42.9. The van der Waals surface area contributed by atoms with E-state index in [1.165, 1.54) is 12.1 Å².